The highest BCUT2D eigenvalue weighted by molar-refractivity contribution is 7.89. The first kappa shape index (κ1) is 14.0. The number of hydrogen-bond acceptors (Lipinski definition) is 3. The van der Waals surface area contributed by atoms with Gasteiger partial charge in [0, 0.05) is 12.6 Å². The molecule has 6 heteroatoms. The Morgan fingerprint density at radius 2 is 2.05 bits per heavy atom. The molecule has 0 fully saturated rings. The van der Waals surface area contributed by atoms with Gasteiger partial charge >= 0.3 is 0 Å². The van der Waals surface area contributed by atoms with Crippen LogP contribution < -0.4 is 4.72 Å². The number of nitrogens with one attached hydrogen (secondary N) is 1. The van der Waals surface area contributed by atoms with Gasteiger partial charge in [0.1, 0.15) is 5.82 Å². The second-order valence-electron chi connectivity index (χ2n) is 4.44. The summed E-state index contributed by atoms with van der Waals surface area (Å²) >= 11 is 0. The molecule has 0 bridgehead atoms. The van der Waals surface area contributed by atoms with E-state index in [-0.39, 0.29) is 5.03 Å². The fourth-order valence-corrected chi connectivity index (χ4v) is 2.93. The maximum Gasteiger partial charge on any atom is 0.259 e. The van der Waals surface area contributed by atoms with Crippen LogP contribution in [0.25, 0.3) is 5.52 Å². The molecular formula is C13H19N3O2S. The highest BCUT2D eigenvalue weighted by Gasteiger charge is 2.21. The van der Waals surface area contributed by atoms with Crippen LogP contribution in [0.15, 0.2) is 23.4 Å². The predicted molar refractivity (Wildman–Crippen MR) is 74.8 cm³/mol. The maximum atomic E-state index is 12.0. The van der Waals surface area contributed by atoms with Crippen LogP contribution in [0.3, 0.4) is 0 Å². The zero-order valence-corrected chi connectivity index (χ0v) is 12.3. The van der Waals surface area contributed by atoms with Gasteiger partial charge < -0.3 is 4.40 Å². The standard InChI is InChI=1S/C13H19N3O2S/c1-4-6-12-15-13(19(17,18)14-3)11-8-7-10(5-2)9-16(11)12/h7-9,14H,4-6H2,1-3H3. The molecule has 5 nitrogen and oxygen atoms in total. The van der Waals surface area contributed by atoms with E-state index in [2.05, 4.69) is 23.6 Å². The Kier molecular flexibility index (Phi) is 3.91. The Labute approximate surface area is 113 Å². The number of pyridine rings is 1. The molecule has 0 radical (unpaired) electrons. The molecule has 0 aliphatic heterocycles. The van der Waals surface area contributed by atoms with Gasteiger partial charge in [-0.15, -0.1) is 0 Å². The number of fused-ring (bicyclic) bond motifs is 1. The molecule has 0 aromatic carbocycles. The summed E-state index contributed by atoms with van der Waals surface area (Å²) in [6.45, 7) is 4.12. The molecule has 0 saturated heterocycles. The molecule has 0 unspecified atom stereocenters. The van der Waals surface area contributed by atoms with E-state index < -0.39 is 10.0 Å². The summed E-state index contributed by atoms with van der Waals surface area (Å²) in [5.74, 6) is 0.793. The first-order chi connectivity index (χ1) is 9.03. The molecule has 0 aliphatic rings. The largest absolute Gasteiger partial charge is 0.302 e. The summed E-state index contributed by atoms with van der Waals surface area (Å²) in [7, 11) is -2.12. The van der Waals surface area contributed by atoms with Crippen molar-refractivity contribution in [3.63, 3.8) is 0 Å². The SMILES string of the molecule is CCCc1nc(S(=O)(=O)NC)c2ccc(CC)cn12. The molecule has 19 heavy (non-hydrogen) atoms. The minimum absolute atomic E-state index is 0.112. The Balaban J connectivity index is 2.74. The zero-order valence-electron chi connectivity index (χ0n) is 11.5. The molecule has 0 atom stereocenters. The fraction of sp³-hybridized carbons (Fsp3) is 0.462. The first-order valence-corrected chi connectivity index (χ1v) is 7.95. The highest BCUT2D eigenvalue weighted by Crippen LogP contribution is 2.20. The van der Waals surface area contributed by atoms with Gasteiger partial charge in [0.05, 0.1) is 5.52 Å². The Morgan fingerprint density at radius 3 is 2.63 bits per heavy atom. The lowest BCUT2D eigenvalue weighted by atomic mass is 10.2. The zero-order chi connectivity index (χ0) is 14.0. The number of aryl methyl sites for hydroxylation is 2. The third-order valence-electron chi connectivity index (χ3n) is 3.14. The van der Waals surface area contributed by atoms with Gasteiger partial charge in [-0.25, -0.2) is 18.1 Å². The van der Waals surface area contributed by atoms with E-state index in [1.807, 2.05) is 22.7 Å². The predicted octanol–water partition coefficient (Wildman–Crippen LogP) is 1.76. The quantitative estimate of drug-likeness (QED) is 0.908. The Bertz CT molecular complexity index is 689. The molecular weight excluding hydrogens is 262 g/mol. The summed E-state index contributed by atoms with van der Waals surface area (Å²) < 4.78 is 28.2. The summed E-state index contributed by atoms with van der Waals surface area (Å²) in [6.07, 6.45) is 4.57. The fourth-order valence-electron chi connectivity index (χ4n) is 2.06. The topological polar surface area (TPSA) is 63.5 Å². The summed E-state index contributed by atoms with van der Waals surface area (Å²) in [6, 6.07) is 3.77. The van der Waals surface area contributed by atoms with Crippen LogP contribution in [0.1, 0.15) is 31.7 Å². The number of rotatable bonds is 5. The van der Waals surface area contributed by atoms with E-state index in [1.54, 1.807) is 0 Å². The average molecular weight is 281 g/mol. The van der Waals surface area contributed by atoms with Crippen molar-refractivity contribution < 1.29 is 8.42 Å². The minimum atomic E-state index is -3.52. The third kappa shape index (κ3) is 2.50. The normalized spacial score (nSPS) is 12.2. The van der Waals surface area contributed by atoms with Crippen LogP contribution in [0.2, 0.25) is 0 Å². The Hall–Kier alpha value is -1.40. The number of aromatic nitrogens is 2. The van der Waals surface area contributed by atoms with Crippen LogP contribution in [-0.4, -0.2) is 24.9 Å². The van der Waals surface area contributed by atoms with Crippen LogP contribution in [0.5, 0.6) is 0 Å². The summed E-state index contributed by atoms with van der Waals surface area (Å²) in [4.78, 5) is 4.31. The smallest absolute Gasteiger partial charge is 0.259 e. The van der Waals surface area contributed by atoms with E-state index in [0.717, 1.165) is 30.7 Å². The lowest BCUT2D eigenvalue weighted by molar-refractivity contribution is 0.585. The molecule has 0 aliphatic carbocycles. The van der Waals surface area contributed by atoms with Crippen molar-refractivity contribution in [3.8, 4) is 0 Å². The van der Waals surface area contributed by atoms with Crippen molar-refractivity contribution in [2.45, 2.75) is 38.1 Å². The summed E-state index contributed by atoms with van der Waals surface area (Å²) in [5.41, 5.74) is 1.80. The van der Waals surface area contributed by atoms with E-state index in [1.165, 1.54) is 7.05 Å². The van der Waals surface area contributed by atoms with Crippen molar-refractivity contribution >= 4 is 15.5 Å². The van der Waals surface area contributed by atoms with Crippen molar-refractivity contribution in [1.29, 1.82) is 0 Å². The van der Waals surface area contributed by atoms with Gasteiger partial charge in [-0.1, -0.05) is 19.9 Å². The second-order valence-corrected chi connectivity index (χ2v) is 6.24. The number of nitrogens with zero attached hydrogens (tertiary/aromatic N) is 2. The number of hydrogen-bond donors (Lipinski definition) is 1. The van der Waals surface area contributed by atoms with Crippen LogP contribution in [0.4, 0.5) is 0 Å². The van der Waals surface area contributed by atoms with Crippen molar-refractivity contribution in [1.82, 2.24) is 14.1 Å². The van der Waals surface area contributed by atoms with Crippen molar-refractivity contribution in [2.24, 2.45) is 0 Å². The van der Waals surface area contributed by atoms with E-state index >= 15 is 0 Å². The maximum absolute atomic E-state index is 12.0. The molecule has 0 saturated carbocycles. The minimum Gasteiger partial charge on any atom is -0.302 e. The Morgan fingerprint density at radius 1 is 1.32 bits per heavy atom. The average Bonchev–Trinajstić information content (AvgIpc) is 2.78. The summed E-state index contributed by atoms with van der Waals surface area (Å²) in [5, 5.41) is 0.112. The lowest BCUT2D eigenvalue weighted by Crippen LogP contribution is -2.19. The first-order valence-electron chi connectivity index (χ1n) is 6.46. The molecule has 0 spiro atoms. The van der Waals surface area contributed by atoms with E-state index in [4.69, 9.17) is 0 Å². The van der Waals surface area contributed by atoms with Crippen LogP contribution in [0, 0.1) is 0 Å². The molecule has 1 N–H and O–H groups in total. The molecule has 0 amide bonds. The van der Waals surface area contributed by atoms with Crippen molar-refractivity contribution in [3.05, 3.63) is 29.7 Å². The number of sulfonamides is 1. The van der Waals surface area contributed by atoms with Gasteiger partial charge in [-0.2, -0.15) is 0 Å². The molecule has 2 heterocycles. The van der Waals surface area contributed by atoms with Gasteiger partial charge in [0.15, 0.2) is 5.03 Å². The van der Waals surface area contributed by atoms with Crippen LogP contribution >= 0.6 is 0 Å². The molecule has 104 valence electrons. The second kappa shape index (κ2) is 5.30. The number of imidazole rings is 1. The molecule has 2 rings (SSSR count). The monoisotopic (exact) mass is 281 g/mol. The lowest BCUT2D eigenvalue weighted by Gasteiger charge is -2.03. The third-order valence-corrected chi connectivity index (χ3v) is 4.49. The van der Waals surface area contributed by atoms with Crippen LogP contribution in [-0.2, 0) is 22.9 Å². The van der Waals surface area contributed by atoms with Gasteiger partial charge in [-0.05, 0) is 31.5 Å². The van der Waals surface area contributed by atoms with Gasteiger partial charge in [-0.3, -0.25) is 0 Å². The van der Waals surface area contributed by atoms with Gasteiger partial charge in [0.25, 0.3) is 10.0 Å². The van der Waals surface area contributed by atoms with Gasteiger partial charge in [0.2, 0.25) is 0 Å². The van der Waals surface area contributed by atoms with E-state index in [9.17, 15) is 8.42 Å². The van der Waals surface area contributed by atoms with E-state index in [0.29, 0.717) is 5.52 Å². The molecule has 2 aromatic heterocycles. The highest BCUT2D eigenvalue weighted by atomic mass is 32.2. The van der Waals surface area contributed by atoms with Crippen molar-refractivity contribution in [2.75, 3.05) is 7.05 Å². The molecule has 2 aromatic rings.